The number of nitrogens with zero attached hydrogens (tertiary/aromatic N) is 1. The molecule has 3 aromatic carbocycles. The summed E-state index contributed by atoms with van der Waals surface area (Å²) < 4.78 is 11.9. The molecule has 1 fully saturated rings. The summed E-state index contributed by atoms with van der Waals surface area (Å²) in [6.07, 6.45) is 1.17. The SMILES string of the molecule is NCCc1ccc(OC2CN(Cc3ccc(Oc4ccccc4)cc3)C2)cc1. The van der Waals surface area contributed by atoms with Gasteiger partial charge in [0.05, 0.1) is 0 Å². The van der Waals surface area contributed by atoms with E-state index in [1.165, 1.54) is 11.1 Å². The predicted octanol–water partition coefficient (Wildman–Crippen LogP) is 4.24. The Balaban J connectivity index is 1.22. The molecular formula is C24H26N2O2. The van der Waals surface area contributed by atoms with Crippen LogP contribution < -0.4 is 15.2 Å². The highest BCUT2D eigenvalue weighted by molar-refractivity contribution is 5.33. The first-order valence-electron chi connectivity index (χ1n) is 9.78. The lowest BCUT2D eigenvalue weighted by molar-refractivity contribution is 0.0145. The van der Waals surface area contributed by atoms with E-state index >= 15 is 0 Å². The Bertz CT molecular complexity index is 857. The summed E-state index contributed by atoms with van der Waals surface area (Å²) >= 11 is 0. The molecular weight excluding hydrogens is 348 g/mol. The van der Waals surface area contributed by atoms with Gasteiger partial charge >= 0.3 is 0 Å². The third kappa shape index (κ3) is 4.91. The fourth-order valence-electron chi connectivity index (χ4n) is 3.37. The normalized spacial score (nSPS) is 14.5. The topological polar surface area (TPSA) is 47.7 Å². The summed E-state index contributed by atoms with van der Waals surface area (Å²) in [7, 11) is 0. The van der Waals surface area contributed by atoms with Crippen LogP contribution in [0, 0.1) is 0 Å². The first-order valence-corrected chi connectivity index (χ1v) is 9.78. The van der Waals surface area contributed by atoms with Crippen LogP contribution in [-0.2, 0) is 13.0 Å². The highest BCUT2D eigenvalue weighted by Gasteiger charge is 2.28. The number of benzene rings is 3. The van der Waals surface area contributed by atoms with E-state index in [0.717, 1.165) is 43.3 Å². The standard InChI is InChI=1S/C24H26N2O2/c25-15-14-19-6-10-23(11-7-19)28-24-17-26(18-24)16-20-8-12-22(13-9-20)27-21-4-2-1-3-5-21/h1-13,24H,14-18,25H2. The molecule has 0 aromatic heterocycles. The first kappa shape index (κ1) is 18.5. The monoisotopic (exact) mass is 374 g/mol. The Hall–Kier alpha value is -2.82. The average molecular weight is 374 g/mol. The zero-order valence-corrected chi connectivity index (χ0v) is 16.0. The van der Waals surface area contributed by atoms with Crippen LogP contribution in [0.2, 0.25) is 0 Å². The van der Waals surface area contributed by atoms with Crippen LogP contribution in [0.5, 0.6) is 17.2 Å². The van der Waals surface area contributed by atoms with Crippen LogP contribution in [0.3, 0.4) is 0 Å². The van der Waals surface area contributed by atoms with E-state index in [-0.39, 0.29) is 6.10 Å². The molecule has 0 saturated carbocycles. The number of para-hydroxylation sites is 1. The number of nitrogens with two attached hydrogens (primary N) is 1. The number of ether oxygens (including phenoxy) is 2. The van der Waals surface area contributed by atoms with Gasteiger partial charge in [-0.15, -0.1) is 0 Å². The Morgan fingerprint density at radius 3 is 2.04 bits per heavy atom. The molecule has 4 nitrogen and oxygen atoms in total. The van der Waals surface area contributed by atoms with Crippen LogP contribution in [-0.4, -0.2) is 30.6 Å². The Morgan fingerprint density at radius 2 is 1.36 bits per heavy atom. The number of hydrogen-bond acceptors (Lipinski definition) is 4. The molecule has 0 radical (unpaired) electrons. The van der Waals surface area contributed by atoms with Crippen molar-refractivity contribution >= 4 is 0 Å². The van der Waals surface area contributed by atoms with Crippen molar-refractivity contribution in [2.24, 2.45) is 5.73 Å². The van der Waals surface area contributed by atoms with Crippen LogP contribution in [0.25, 0.3) is 0 Å². The van der Waals surface area contributed by atoms with Crippen molar-refractivity contribution in [3.63, 3.8) is 0 Å². The molecule has 0 atom stereocenters. The van der Waals surface area contributed by atoms with Gasteiger partial charge in [0.2, 0.25) is 0 Å². The molecule has 0 unspecified atom stereocenters. The van der Waals surface area contributed by atoms with Crippen molar-refractivity contribution in [3.8, 4) is 17.2 Å². The van der Waals surface area contributed by atoms with Gasteiger partial charge in [0.15, 0.2) is 0 Å². The minimum absolute atomic E-state index is 0.265. The quantitative estimate of drug-likeness (QED) is 0.641. The molecule has 4 rings (SSSR count). The van der Waals surface area contributed by atoms with E-state index in [1.54, 1.807) is 0 Å². The first-order chi connectivity index (χ1) is 13.8. The van der Waals surface area contributed by atoms with Crippen molar-refractivity contribution in [1.82, 2.24) is 4.90 Å². The van der Waals surface area contributed by atoms with Crippen molar-refractivity contribution in [1.29, 1.82) is 0 Å². The van der Waals surface area contributed by atoms with Gasteiger partial charge in [0.1, 0.15) is 23.4 Å². The molecule has 4 heteroatoms. The highest BCUT2D eigenvalue weighted by Crippen LogP contribution is 2.24. The fourth-order valence-corrected chi connectivity index (χ4v) is 3.37. The molecule has 1 heterocycles. The summed E-state index contributed by atoms with van der Waals surface area (Å²) in [6.45, 7) is 3.51. The fraction of sp³-hybridized carbons (Fsp3) is 0.250. The van der Waals surface area contributed by atoms with Crippen molar-refractivity contribution in [3.05, 3.63) is 90.0 Å². The minimum Gasteiger partial charge on any atom is -0.488 e. The van der Waals surface area contributed by atoms with Crippen LogP contribution in [0.4, 0.5) is 0 Å². The van der Waals surface area contributed by atoms with E-state index in [2.05, 4.69) is 29.2 Å². The molecule has 1 aliphatic heterocycles. The highest BCUT2D eigenvalue weighted by atomic mass is 16.5. The molecule has 0 bridgehead atoms. The second-order valence-electron chi connectivity index (χ2n) is 7.18. The van der Waals surface area contributed by atoms with E-state index in [9.17, 15) is 0 Å². The summed E-state index contributed by atoms with van der Waals surface area (Å²) in [5.41, 5.74) is 8.12. The molecule has 28 heavy (non-hydrogen) atoms. The molecule has 1 saturated heterocycles. The largest absolute Gasteiger partial charge is 0.488 e. The lowest BCUT2D eigenvalue weighted by atomic mass is 10.1. The molecule has 0 spiro atoms. The second kappa shape index (κ2) is 8.91. The van der Waals surface area contributed by atoms with E-state index < -0.39 is 0 Å². The Morgan fingerprint density at radius 1 is 0.750 bits per heavy atom. The zero-order valence-electron chi connectivity index (χ0n) is 16.0. The van der Waals surface area contributed by atoms with Gasteiger partial charge < -0.3 is 15.2 Å². The van der Waals surface area contributed by atoms with E-state index in [4.69, 9.17) is 15.2 Å². The Kier molecular flexibility index (Phi) is 5.90. The van der Waals surface area contributed by atoms with Gasteiger partial charge in [0, 0.05) is 19.6 Å². The second-order valence-corrected chi connectivity index (χ2v) is 7.18. The van der Waals surface area contributed by atoms with Crippen molar-refractivity contribution < 1.29 is 9.47 Å². The molecule has 2 N–H and O–H groups in total. The maximum Gasteiger partial charge on any atom is 0.127 e. The van der Waals surface area contributed by atoms with Gasteiger partial charge in [-0.2, -0.15) is 0 Å². The lowest BCUT2D eigenvalue weighted by Gasteiger charge is -2.39. The predicted molar refractivity (Wildman–Crippen MR) is 112 cm³/mol. The summed E-state index contributed by atoms with van der Waals surface area (Å²) in [6, 6.07) is 26.4. The number of rotatable bonds is 8. The average Bonchev–Trinajstić information content (AvgIpc) is 2.70. The van der Waals surface area contributed by atoms with Crippen LogP contribution in [0.1, 0.15) is 11.1 Å². The molecule has 0 amide bonds. The van der Waals surface area contributed by atoms with Gasteiger partial charge in [-0.3, -0.25) is 4.90 Å². The zero-order chi connectivity index (χ0) is 19.2. The maximum atomic E-state index is 6.04. The smallest absolute Gasteiger partial charge is 0.127 e. The maximum absolute atomic E-state index is 6.04. The summed E-state index contributed by atoms with van der Waals surface area (Å²) in [5.74, 6) is 2.65. The lowest BCUT2D eigenvalue weighted by Crippen LogP contribution is -2.53. The molecule has 3 aromatic rings. The van der Waals surface area contributed by atoms with Crippen LogP contribution >= 0.6 is 0 Å². The van der Waals surface area contributed by atoms with Crippen LogP contribution in [0.15, 0.2) is 78.9 Å². The van der Waals surface area contributed by atoms with E-state index in [1.807, 2.05) is 54.6 Å². The number of hydrogen-bond donors (Lipinski definition) is 1. The summed E-state index contributed by atoms with van der Waals surface area (Å²) in [4.78, 5) is 2.39. The summed E-state index contributed by atoms with van der Waals surface area (Å²) in [5, 5.41) is 0. The third-order valence-electron chi connectivity index (χ3n) is 4.89. The van der Waals surface area contributed by atoms with Crippen molar-refractivity contribution in [2.75, 3.05) is 19.6 Å². The van der Waals surface area contributed by atoms with Gasteiger partial charge in [-0.25, -0.2) is 0 Å². The van der Waals surface area contributed by atoms with Crippen molar-refractivity contribution in [2.45, 2.75) is 19.1 Å². The van der Waals surface area contributed by atoms with Gasteiger partial charge in [-0.05, 0) is 60.5 Å². The van der Waals surface area contributed by atoms with Gasteiger partial charge in [-0.1, -0.05) is 42.5 Å². The third-order valence-corrected chi connectivity index (χ3v) is 4.89. The molecule has 144 valence electrons. The minimum atomic E-state index is 0.265. The Labute approximate surface area is 166 Å². The van der Waals surface area contributed by atoms with Gasteiger partial charge in [0.25, 0.3) is 0 Å². The molecule has 1 aliphatic rings. The number of likely N-dealkylation sites (tertiary alicyclic amines) is 1. The molecule has 0 aliphatic carbocycles. The van der Waals surface area contributed by atoms with E-state index in [0.29, 0.717) is 6.54 Å².